The lowest BCUT2D eigenvalue weighted by atomic mass is 10.2. The predicted molar refractivity (Wildman–Crippen MR) is 67.5 cm³/mol. The van der Waals surface area contributed by atoms with E-state index in [0.717, 1.165) is 5.56 Å². The van der Waals surface area contributed by atoms with Gasteiger partial charge in [-0.05, 0) is 37.6 Å². The Bertz CT molecular complexity index is 374. The van der Waals surface area contributed by atoms with Gasteiger partial charge in [0, 0.05) is 13.2 Å². The van der Waals surface area contributed by atoms with Crippen molar-refractivity contribution in [2.75, 3.05) is 13.2 Å². The smallest absolute Gasteiger partial charge is 0.177 e. The monoisotopic (exact) mass is 258 g/mol. The molecule has 2 nitrogen and oxygen atoms in total. The lowest BCUT2D eigenvalue weighted by Crippen LogP contribution is -2.13. The normalized spacial score (nSPS) is 11.6. The summed E-state index contributed by atoms with van der Waals surface area (Å²) in [5.74, 6) is -0.421. The Morgan fingerprint density at radius 1 is 1.29 bits per heavy atom. The molecule has 0 saturated carbocycles. The Labute approximate surface area is 106 Å². The molecule has 17 heavy (non-hydrogen) atoms. The van der Waals surface area contributed by atoms with Gasteiger partial charge in [0.25, 0.3) is 0 Å². The Hall–Kier alpha value is -0.900. The summed E-state index contributed by atoms with van der Waals surface area (Å²) in [6.07, 6.45) is 3.19. The van der Waals surface area contributed by atoms with Crippen molar-refractivity contribution in [1.29, 1.82) is 0 Å². The van der Waals surface area contributed by atoms with Crippen LogP contribution >= 0.6 is 11.6 Å². The van der Waals surface area contributed by atoms with Crippen molar-refractivity contribution < 1.29 is 13.9 Å². The minimum Gasteiger partial charge on any atom is -0.349 e. The van der Waals surface area contributed by atoms with Crippen molar-refractivity contribution in [3.05, 3.63) is 40.7 Å². The van der Waals surface area contributed by atoms with Crippen LogP contribution in [0.4, 0.5) is 4.39 Å². The summed E-state index contributed by atoms with van der Waals surface area (Å²) >= 11 is 5.68. The topological polar surface area (TPSA) is 18.5 Å². The van der Waals surface area contributed by atoms with Crippen LogP contribution in [-0.2, 0) is 9.47 Å². The maximum Gasteiger partial charge on any atom is 0.177 e. The molecule has 0 aromatic heterocycles. The van der Waals surface area contributed by atoms with E-state index < -0.39 is 5.82 Å². The maximum atomic E-state index is 12.9. The molecule has 0 heterocycles. The first-order valence-corrected chi connectivity index (χ1v) is 5.91. The van der Waals surface area contributed by atoms with Crippen LogP contribution in [0, 0.1) is 5.82 Å². The van der Waals surface area contributed by atoms with E-state index in [1.54, 1.807) is 24.3 Å². The van der Waals surface area contributed by atoms with Crippen LogP contribution in [0.3, 0.4) is 0 Å². The Kier molecular flexibility index (Phi) is 6.19. The van der Waals surface area contributed by atoms with Crippen molar-refractivity contribution in [3.8, 4) is 0 Å². The molecule has 94 valence electrons. The molecule has 0 atom stereocenters. The van der Waals surface area contributed by atoms with Gasteiger partial charge in [-0.15, -0.1) is 0 Å². The summed E-state index contributed by atoms with van der Waals surface area (Å²) in [5, 5.41) is 0.108. The lowest BCUT2D eigenvalue weighted by Gasteiger charge is -2.12. The molecule has 0 amide bonds. The number of ether oxygens (including phenoxy) is 2. The van der Waals surface area contributed by atoms with Gasteiger partial charge in [-0.1, -0.05) is 23.7 Å². The highest BCUT2D eigenvalue weighted by Gasteiger charge is 2.03. The molecular weight excluding hydrogens is 243 g/mol. The van der Waals surface area contributed by atoms with E-state index >= 15 is 0 Å². The second-order valence-electron chi connectivity index (χ2n) is 3.31. The van der Waals surface area contributed by atoms with E-state index in [0.29, 0.717) is 13.2 Å². The van der Waals surface area contributed by atoms with Crippen LogP contribution in [0.1, 0.15) is 19.4 Å². The third-order valence-electron chi connectivity index (χ3n) is 2.05. The zero-order chi connectivity index (χ0) is 12.7. The Balaban J connectivity index is 2.69. The molecule has 1 aromatic carbocycles. The van der Waals surface area contributed by atoms with Gasteiger partial charge in [0.15, 0.2) is 6.29 Å². The van der Waals surface area contributed by atoms with Crippen molar-refractivity contribution in [2.24, 2.45) is 0 Å². The summed E-state index contributed by atoms with van der Waals surface area (Å²) < 4.78 is 23.6. The van der Waals surface area contributed by atoms with Gasteiger partial charge in [-0.25, -0.2) is 4.39 Å². The summed E-state index contributed by atoms with van der Waals surface area (Å²) in [4.78, 5) is 0. The fraction of sp³-hybridized carbons (Fsp3) is 0.385. The van der Waals surface area contributed by atoms with Gasteiger partial charge in [0.2, 0.25) is 0 Å². The van der Waals surface area contributed by atoms with E-state index in [-0.39, 0.29) is 11.3 Å². The summed E-state index contributed by atoms with van der Waals surface area (Å²) in [7, 11) is 0. The van der Waals surface area contributed by atoms with Crippen LogP contribution in [-0.4, -0.2) is 19.5 Å². The number of halogens is 2. The van der Waals surface area contributed by atoms with Gasteiger partial charge in [0.05, 0.1) is 5.02 Å². The van der Waals surface area contributed by atoms with Crippen LogP contribution in [0.2, 0.25) is 5.02 Å². The average Bonchev–Trinajstić information content (AvgIpc) is 2.31. The van der Waals surface area contributed by atoms with Gasteiger partial charge in [0.1, 0.15) is 5.82 Å². The first-order chi connectivity index (χ1) is 8.17. The van der Waals surface area contributed by atoms with E-state index in [9.17, 15) is 4.39 Å². The van der Waals surface area contributed by atoms with Crippen LogP contribution < -0.4 is 0 Å². The van der Waals surface area contributed by atoms with Gasteiger partial charge in [-0.3, -0.25) is 0 Å². The molecule has 0 radical (unpaired) electrons. The fourth-order valence-corrected chi connectivity index (χ4v) is 1.48. The molecule has 0 saturated heterocycles. The van der Waals surface area contributed by atoms with Crippen LogP contribution in [0.15, 0.2) is 24.3 Å². The second-order valence-corrected chi connectivity index (χ2v) is 3.72. The van der Waals surface area contributed by atoms with Crippen molar-refractivity contribution in [3.63, 3.8) is 0 Å². The highest BCUT2D eigenvalue weighted by atomic mass is 35.5. The zero-order valence-electron chi connectivity index (χ0n) is 9.95. The molecule has 0 spiro atoms. The second kappa shape index (κ2) is 7.43. The number of hydrogen-bond donors (Lipinski definition) is 0. The molecule has 1 rings (SSSR count). The van der Waals surface area contributed by atoms with E-state index in [2.05, 4.69) is 0 Å². The molecule has 4 heteroatoms. The number of rotatable bonds is 6. The predicted octanol–water partition coefficient (Wildman–Crippen LogP) is 3.89. The number of benzene rings is 1. The molecule has 0 unspecified atom stereocenters. The number of hydrogen-bond acceptors (Lipinski definition) is 2. The molecule has 0 N–H and O–H groups in total. The largest absolute Gasteiger partial charge is 0.349 e. The van der Waals surface area contributed by atoms with Gasteiger partial charge >= 0.3 is 0 Å². The van der Waals surface area contributed by atoms with Gasteiger partial charge in [-0.2, -0.15) is 0 Å². The Morgan fingerprint density at radius 2 is 1.94 bits per heavy atom. The van der Waals surface area contributed by atoms with Crippen molar-refractivity contribution in [1.82, 2.24) is 0 Å². The minimum atomic E-state index is -0.421. The summed E-state index contributed by atoms with van der Waals surface area (Å²) in [6.45, 7) is 4.93. The first-order valence-electron chi connectivity index (χ1n) is 5.53. The molecule has 0 aliphatic carbocycles. The highest BCUT2D eigenvalue weighted by molar-refractivity contribution is 6.30. The van der Waals surface area contributed by atoms with E-state index in [1.807, 2.05) is 13.8 Å². The molecule has 0 fully saturated rings. The van der Waals surface area contributed by atoms with Gasteiger partial charge < -0.3 is 9.47 Å². The maximum absolute atomic E-state index is 12.9. The minimum absolute atomic E-state index is 0.108. The quantitative estimate of drug-likeness (QED) is 0.721. The molecule has 0 aliphatic heterocycles. The zero-order valence-corrected chi connectivity index (χ0v) is 10.7. The molecular formula is C13H16ClFO2. The third kappa shape index (κ3) is 4.86. The molecule has 1 aromatic rings. The standard InChI is InChI=1S/C13H16ClFO2/c1-3-16-13(17-4-2)8-6-10-5-7-12(15)11(14)9-10/h5-9,13H,3-4H2,1-2H3. The highest BCUT2D eigenvalue weighted by Crippen LogP contribution is 2.17. The molecule has 0 aliphatic rings. The van der Waals surface area contributed by atoms with Crippen LogP contribution in [0.5, 0.6) is 0 Å². The van der Waals surface area contributed by atoms with Crippen LogP contribution in [0.25, 0.3) is 6.08 Å². The van der Waals surface area contributed by atoms with E-state index in [1.165, 1.54) is 6.07 Å². The summed E-state index contributed by atoms with van der Waals surface area (Å²) in [6, 6.07) is 4.54. The summed E-state index contributed by atoms with van der Waals surface area (Å²) in [5.41, 5.74) is 0.806. The SMILES string of the molecule is CCOC(C=Cc1ccc(F)c(Cl)c1)OCC. The molecule has 0 bridgehead atoms. The van der Waals surface area contributed by atoms with Crippen molar-refractivity contribution in [2.45, 2.75) is 20.1 Å². The third-order valence-corrected chi connectivity index (χ3v) is 2.34. The van der Waals surface area contributed by atoms with E-state index in [4.69, 9.17) is 21.1 Å². The Morgan fingerprint density at radius 3 is 2.47 bits per heavy atom. The lowest BCUT2D eigenvalue weighted by molar-refractivity contribution is -0.103. The first kappa shape index (κ1) is 14.2. The van der Waals surface area contributed by atoms with Crippen molar-refractivity contribution >= 4 is 17.7 Å². The fourth-order valence-electron chi connectivity index (χ4n) is 1.29. The average molecular weight is 259 g/mol.